The van der Waals surface area contributed by atoms with Gasteiger partial charge in [0.05, 0.1) is 5.69 Å². The van der Waals surface area contributed by atoms with E-state index >= 15 is 0 Å². The minimum Gasteiger partial charge on any atom is -0.312 e. The van der Waals surface area contributed by atoms with Gasteiger partial charge in [0.15, 0.2) is 0 Å². The SMILES string of the molecule is Cc1nccc(CN2CCC(CNC(C)(C)C)C2)n1. The Hall–Kier alpha value is -1.00. The normalized spacial score (nSPS) is 20.9. The van der Waals surface area contributed by atoms with Crippen LogP contribution < -0.4 is 5.32 Å². The van der Waals surface area contributed by atoms with Crippen molar-refractivity contribution >= 4 is 0 Å². The second-order valence-electron chi connectivity index (χ2n) is 6.62. The molecule has 0 radical (unpaired) electrons. The molecule has 0 saturated carbocycles. The molecule has 1 fully saturated rings. The van der Waals surface area contributed by atoms with Gasteiger partial charge in [0.25, 0.3) is 0 Å². The van der Waals surface area contributed by atoms with Gasteiger partial charge in [0, 0.05) is 24.8 Å². The first-order valence-corrected chi connectivity index (χ1v) is 7.18. The largest absolute Gasteiger partial charge is 0.312 e. The predicted molar refractivity (Wildman–Crippen MR) is 77.9 cm³/mol. The van der Waals surface area contributed by atoms with Crippen LogP contribution in [0.25, 0.3) is 0 Å². The Morgan fingerprint density at radius 2 is 2.21 bits per heavy atom. The number of rotatable bonds is 4. The predicted octanol–water partition coefficient (Wildman–Crippen LogP) is 2.00. The molecule has 0 aromatic carbocycles. The first-order chi connectivity index (χ1) is 8.92. The Labute approximate surface area is 116 Å². The maximum Gasteiger partial charge on any atom is 0.125 e. The molecule has 1 saturated heterocycles. The lowest BCUT2D eigenvalue weighted by atomic mass is 10.1. The van der Waals surface area contributed by atoms with Crippen molar-refractivity contribution in [3.05, 3.63) is 23.8 Å². The second kappa shape index (κ2) is 5.97. The minimum absolute atomic E-state index is 0.219. The molecule has 2 rings (SSSR count). The van der Waals surface area contributed by atoms with Crippen LogP contribution in [0.1, 0.15) is 38.7 Å². The van der Waals surface area contributed by atoms with E-state index in [0.717, 1.165) is 30.5 Å². The van der Waals surface area contributed by atoms with E-state index in [1.165, 1.54) is 19.5 Å². The summed E-state index contributed by atoms with van der Waals surface area (Å²) in [6.45, 7) is 13.0. The molecule has 0 bridgehead atoms. The fourth-order valence-electron chi connectivity index (χ4n) is 2.50. The number of aryl methyl sites for hydroxylation is 1. The summed E-state index contributed by atoms with van der Waals surface area (Å²) < 4.78 is 0. The summed E-state index contributed by atoms with van der Waals surface area (Å²) in [5.74, 6) is 1.63. The van der Waals surface area contributed by atoms with Gasteiger partial charge >= 0.3 is 0 Å². The van der Waals surface area contributed by atoms with E-state index < -0.39 is 0 Å². The molecule has 1 aromatic rings. The van der Waals surface area contributed by atoms with Crippen molar-refractivity contribution in [1.29, 1.82) is 0 Å². The molecular weight excluding hydrogens is 236 g/mol. The average Bonchev–Trinajstić information content (AvgIpc) is 2.73. The van der Waals surface area contributed by atoms with E-state index in [0.29, 0.717) is 0 Å². The molecule has 0 aliphatic carbocycles. The number of hydrogen-bond donors (Lipinski definition) is 1. The van der Waals surface area contributed by atoms with Gasteiger partial charge < -0.3 is 5.32 Å². The summed E-state index contributed by atoms with van der Waals surface area (Å²) in [4.78, 5) is 11.1. The van der Waals surface area contributed by atoms with E-state index in [1.807, 2.05) is 19.2 Å². The van der Waals surface area contributed by atoms with Crippen molar-refractivity contribution in [1.82, 2.24) is 20.2 Å². The zero-order chi connectivity index (χ0) is 13.9. The summed E-state index contributed by atoms with van der Waals surface area (Å²) in [6, 6.07) is 2.02. The summed E-state index contributed by atoms with van der Waals surface area (Å²) in [7, 11) is 0. The Balaban J connectivity index is 1.79. The number of likely N-dealkylation sites (tertiary alicyclic amines) is 1. The highest BCUT2D eigenvalue weighted by molar-refractivity contribution is 5.02. The van der Waals surface area contributed by atoms with E-state index in [1.54, 1.807) is 0 Å². The molecule has 0 amide bonds. The van der Waals surface area contributed by atoms with Gasteiger partial charge in [0.1, 0.15) is 5.82 Å². The smallest absolute Gasteiger partial charge is 0.125 e. The molecule has 2 heterocycles. The molecule has 19 heavy (non-hydrogen) atoms. The van der Waals surface area contributed by atoms with Crippen molar-refractivity contribution in [2.24, 2.45) is 5.92 Å². The summed E-state index contributed by atoms with van der Waals surface area (Å²) in [5.41, 5.74) is 1.36. The van der Waals surface area contributed by atoms with Gasteiger partial charge in [-0.05, 0) is 59.2 Å². The van der Waals surface area contributed by atoms with Crippen molar-refractivity contribution < 1.29 is 0 Å². The zero-order valence-electron chi connectivity index (χ0n) is 12.6. The van der Waals surface area contributed by atoms with Crippen molar-refractivity contribution in [3.63, 3.8) is 0 Å². The molecule has 4 heteroatoms. The van der Waals surface area contributed by atoms with Gasteiger partial charge in [-0.2, -0.15) is 0 Å². The molecule has 1 aliphatic heterocycles. The van der Waals surface area contributed by atoms with Gasteiger partial charge in [-0.3, -0.25) is 4.90 Å². The highest BCUT2D eigenvalue weighted by Gasteiger charge is 2.23. The molecule has 1 aliphatic rings. The van der Waals surface area contributed by atoms with Crippen LogP contribution in [0, 0.1) is 12.8 Å². The maximum absolute atomic E-state index is 4.48. The lowest BCUT2D eigenvalue weighted by Crippen LogP contribution is -2.39. The quantitative estimate of drug-likeness (QED) is 0.901. The number of aromatic nitrogens is 2. The van der Waals surface area contributed by atoms with Crippen LogP contribution >= 0.6 is 0 Å². The minimum atomic E-state index is 0.219. The lowest BCUT2D eigenvalue weighted by Gasteiger charge is -2.23. The van der Waals surface area contributed by atoms with Crippen LogP contribution in [0.5, 0.6) is 0 Å². The highest BCUT2D eigenvalue weighted by Crippen LogP contribution is 2.18. The number of nitrogens with one attached hydrogen (secondary N) is 1. The van der Waals surface area contributed by atoms with Gasteiger partial charge in [0.2, 0.25) is 0 Å². The fourth-order valence-corrected chi connectivity index (χ4v) is 2.50. The average molecular weight is 262 g/mol. The molecule has 106 valence electrons. The monoisotopic (exact) mass is 262 g/mol. The van der Waals surface area contributed by atoms with Crippen LogP contribution in [0.4, 0.5) is 0 Å². The molecule has 0 spiro atoms. The molecule has 1 aromatic heterocycles. The third-order valence-electron chi connectivity index (χ3n) is 3.51. The molecule has 4 nitrogen and oxygen atoms in total. The van der Waals surface area contributed by atoms with Crippen molar-refractivity contribution in [2.45, 2.75) is 46.2 Å². The lowest BCUT2D eigenvalue weighted by molar-refractivity contribution is 0.302. The standard InChI is InChI=1S/C15H26N4/c1-12-16-7-5-14(18-12)11-19-8-6-13(10-19)9-17-15(2,3)4/h5,7,13,17H,6,8-11H2,1-4H3. The van der Waals surface area contributed by atoms with E-state index in [4.69, 9.17) is 0 Å². The molecule has 1 N–H and O–H groups in total. The van der Waals surface area contributed by atoms with E-state index in [9.17, 15) is 0 Å². The Bertz CT molecular complexity index is 411. The third-order valence-corrected chi connectivity index (χ3v) is 3.51. The number of nitrogens with zero attached hydrogens (tertiary/aromatic N) is 3. The van der Waals surface area contributed by atoms with Crippen molar-refractivity contribution in [3.8, 4) is 0 Å². The Morgan fingerprint density at radius 1 is 1.42 bits per heavy atom. The number of hydrogen-bond acceptors (Lipinski definition) is 4. The molecular formula is C15H26N4. The maximum atomic E-state index is 4.48. The first-order valence-electron chi connectivity index (χ1n) is 7.18. The molecule has 1 atom stereocenters. The Kier molecular flexibility index (Phi) is 4.53. The summed E-state index contributed by atoms with van der Waals surface area (Å²) >= 11 is 0. The van der Waals surface area contributed by atoms with Crippen molar-refractivity contribution in [2.75, 3.05) is 19.6 Å². The van der Waals surface area contributed by atoms with Crippen LogP contribution in [0.15, 0.2) is 12.3 Å². The first kappa shape index (κ1) is 14.4. The van der Waals surface area contributed by atoms with Gasteiger partial charge in [-0.15, -0.1) is 0 Å². The fraction of sp³-hybridized carbons (Fsp3) is 0.733. The third kappa shape index (κ3) is 4.88. The molecule has 1 unspecified atom stereocenters. The zero-order valence-corrected chi connectivity index (χ0v) is 12.6. The summed E-state index contributed by atoms with van der Waals surface area (Å²) in [5, 5.41) is 3.61. The summed E-state index contributed by atoms with van der Waals surface area (Å²) in [6.07, 6.45) is 3.14. The van der Waals surface area contributed by atoms with Crippen LogP contribution in [0.3, 0.4) is 0 Å². The van der Waals surface area contributed by atoms with E-state index in [2.05, 4.69) is 41.0 Å². The van der Waals surface area contributed by atoms with E-state index in [-0.39, 0.29) is 5.54 Å². The van der Waals surface area contributed by atoms with Crippen LogP contribution in [-0.4, -0.2) is 40.0 Å². The van der Waals surface area contributed by atoms with Gasteiger partial charge in [-0.1, -0.05) is 0 Å². The van der Waals surface area contributed by atoms with Crippen LogP contribution in [-0.2, 0) is 6.54 Å². The second-order valence-corrected chi connectivity index (χ2v) is 6.62. The van der Waals surface area contributed by atoms with Gasteiger partial charge in [-0.25, -0.2) is 9.97 Å². The Morgan fingerprint density at radius 3 is 2.89 bits per heavy atom. The van der Waals surface area contributed by atoms with Crippen LogP contribution in [0.2, 0.25) is 0 Å². The highest BCUT2D eigenvalue weighted by atomic mass is 15.2. The topological polar surface area (TPSA) is 41.1 Å².